The van der Waals surface area contributed by atoms with Crippen molar-refractivity contribution >= 4 is 11.4 Å². The van der Waals surface area contributed by atoms with Crippen LogP contribution in [0, 0.1) is 20.2 Å². The largest absolute Gasteiger partial charge is 0.573 e. The Labute approximate surface area is 176 Å². The van der Waals surface area contributed by atoms with Gasteiger partial charge in [0.25, 0.3) is 0 Å². The summed E-state index contributed by atoms with van der Waals surface area (Å²) in [6, 6.07) is 3.63. The maximum Gasteiger partial charge on any atom is 0.573 e. The van der Waals surface area contributed by atoms with E-state index in [2.05, 4.69) is 9.84 Å². The van der Waals surface area contributed by atoms with Gasteiger partial charge in [-0.3, -0.25) is 20.2 Å². The number of ether oxygens (including phenoxy) is 1. The second kappa shape index (κ2) is 7.92. The van der Waals surface area contributed by atoms with E-state index in [-0.39, 0.29) is 22.5 Å². The fraction of sp³-hybridized carbons (Fsp3) is 0.125. The highest BCUT2D eigenvalue weighted by molar-refractivity contribution is 5.67. The minimum atomic E-state index is -5.17. The predicted octanol–water partition coefficient (Wildman–Crippen LogP) is 3.76. The highest BCUT2D eigenvalue weighted by atomic mass is 19.4. The highest BCUT2D eigenvalue weighted by Crippen LogP contribution is 2.39. The van der Waals surface area contributed by atoms with Gasteiger partial charge in [-0.05, 0) is 24.3 Å². The Hall–Kier alpha value is -4.44. The van der Waals surface area contributed by atoms with Gasteiger partial charge in [0.1, 0.15) is 12.1 Å². The van der Waals surface area contributed by atoms with Crippen LogP contribution in [0.2, 0.25) is 0 Å². The summed E-state index contributed by atoms with van der Waals surface area (Å²) in [6.45, 7) is 0. The molecule has 0 aliphatic rings. The lowest BCUT2D eigenvalue weighted by atomic mass is 10.1. The first-order valence-electron chi connectivity index (χ1n) is 8.26. The van der Waals surface area contributed by atoms with E-state index in [0.717, 1.165) is 24.3 Å². The predicted molar refractivity (Wildman–Crippen MR) is 94.2 cm³/mol. The first-order valence-corrected chi connectivity index (χ1v) is 8.26. The molecule has 33 heavy (non-hydrogen) atoms. The van der Waals surface area contributed by atoms with Crippen molar-refractivity contribution in [2.24, 2.45) is 0 Å². The van der Waals surface area contributed by atoms with Crippen molar-refractivity contribution < 1.29 is 40.9 Å². The van der Waals surface area contributed by atoms with Gasteiger partial charge in [0.2, 0.25) is 5.69 Å². The van der Waals surface area contributed by atoms with Crippen LogP contribution in [0.4, 0.5) is 37.7 Å². The van der Waals surface area contributed by atoms with Gasteiger partial charge in [0.15, 0.2) is 0 Å². The van der Waals surface area contributed by atoms with Crippen molar-refractivity contribution in [2.45, 2.75) is 12.5 Å². The van der Waals surface area contributed by atoms with Crippen molar-refractivity contribution in [1.82, 2.24) is 14.3 Å². The normalized spacial score (nSPS) is 11.9. The van der Waals surface area contributed by atoms with Crippen molar-refractivity contribution in [3.63, 3.8) is 0 Å². The number of rotatable bonds is 5. The van der Waals surface area contributed by atoms with E-state index in [0.29, 0.717) is 10.9 Å². The molecule has 0 radical (unpaired) electrons. The standard InChI is InChI=1S/C16H7F6N5O6/c17-15(18,19)8-5-11(26(29)30)13(12(6-8)27(31)32)25-14(28)24(7-23-25)9-1-3-10(4-2-9)33-16(20,21)22/h1-7H. The average Bonchev–Trinajstić information content (AvgIpc) is 3.06. The molecule has 0 aliphatic carbocycles. The summed E-state index contributed by atoms with van der Waals surface area (Å²) in [5.41, 5.74) is -7.09. The molecule has 0 N–H and O–H groups in total. The summed E-state index contributed by atoms with van der Waals surface area (Å²) in [5, 5.41) is 26.2. The molecule has 3 rings (SSSR count). The molecule has 0 saturated carbocycles. The monoisotopic (exact) mass is 479 g/mol. The second-order valence-corrected chi connectivity index (χ2v) is 6.11. The number of hydrogen-bond acceptors (Lipinski definition) is 7. The Balaban J connectivity index is 2.17. The van der Waals surface area contributed by atoms with Crippen LogP contribution in [0.1, 0.15) is 5.56 Å². The molecule has 0 aliphatic heterocycles. The van der Waals surface area contributed by atoms with Gasteiger partial charge < -0.3 is 4.74 Å². The average molecular weight is 479 g/mol. The molecule has 11 nitrogen and oxygen atoms in total. The molecule has 0 amide bonds. The summed E-state index contributed by atoms with van der Waals surface area (Å²) < 4.78 is 80.3. The molecule has 0 unspecified atom stereocenters. The first-order chi connectivity index (χ1) is 15.2. The summed E-state index contributed by atoms with van der Waals surface area (Å²) in [7, 11) is 0. The van der Waals surface area contributed by atoms with Crippen LogP contribution in [-0.4, -0.2) is 30.6 Å². The van der Waals surface area contributed by atoms with E-state index >= 15 is 0 Å². The molecular weight excluding hydrogens is 472 g/mol. The van der Waals surface area contributed by atoms with Crippen molar-refractivity contribution in [3.8, 4) is 17.1 Å². The van der Waals surface area contributed by atoms with Gasteiger partial charge in [-0.15, -0.1) is 13.2 Å². The van der Waals surface area contributed by atoms with E-state index in [4.69, 9.17) is 0 Å². The van der Waals surface area contributed by atoms with Crippen LogP contribution in [0.15, 0.2) is 47.5 Å². The first kappa shape index (κ1) is 23.2. The summed E-state index contributed by atoms with van der Waals surface area (Å²) in [6.07, 6.45) is -9.44. The Morgan fingerprint density at radius 1 is 0.909 bits per heavy atom. The molecule has 174 valence electrons. The van der Waals surface area contributed by atoms with Crippen molar-refractivity contribution in [3.05, 3.63) is 79.0 Å². The van der Waals surface area contributed by atoms with Gasteiger partial charge in [-0.2, -0.15) is 23.0 Å². The number of alkyl halides is 6. The van der Waals surface area contributed by atoms with E-state index in [9.17, 15) is 51.4 Å². The molecular formula is C16H7F6N5O6. The fourth-order valence-electron chi connectivity index (χ4n) is 2.71. The Kier molecular flexibility index (Phi) is 5.57. The fourth-order valence-corrected chi connectivity index (χ4v) is 2.71. The van der Waals surface area contributed by atoms with Gasteiger partial charge >= 0.3 is 29.6 Å². The van der Waals surface area contributed by atoms with Gasteiger partial charge in [-0.1, -0.05) is 0 Å². The third-order valence-corrected chi connectivity index (χ3v) is 4.02. The van der Waals surface area contributed by atoms with E-state index in [1.165, 1.54) is 0 Å². The van der Waals surface area contributed by atoms with E-state index in [1.807, 2.05) is 0 Å². The molecule has 0 atom stereocenters. The van der Waals surface area contributed by atoms with Crippen LogP contribution in [-0.2, 0) is 6.18 Å². The van der Waals surface area contributed by atoms with Crippen LogP contribution in [0.3, 0.4) is 0 Å². The molecule has 0 saturated heterocycles. The molecule has 0 fully saturated rings. The van der Waals surface area contributed by atoms with Crippen molar-refractivity contribution in [1.29, 1.82) is 0 Å². The highest BCUT2D eigenvalue weighted by Gasteiger charge is 2.39. The third-order valence-electron chi connectivity index (χ3n) is 4.02. The molecule has 17 heteroatoms. The minimum Gasteiger partial charge on any atom is -0.406 e. The Bertz CT molecular complexity index is 1260. The zero-order chi connectivity index (χ0) is 24.7. The van der Waals surface area contributed by atoms with Gasteiger partial charge in [-0.25, -0.2) is 9.36 Å². The van der Waals surface area contributed by atoms with Crippen LogP contribution in [0.25, 0.3) is 11.4 Å². The quantitative estimate of drug-likeness (QED) is 0.309. The molecule has 0 bridgehead atoms. The molecule has 1 heterocycles. The summed E-state index contributed by atoms with van der Waals surface area (Å²) in [4.78, 5) is 32.7. The lowest BCUT2D eigenvalue weighted by Gasteiger charge is -2.10. The Morgan fingerprint density at radius 3 is 1.85 bits per heavy atom. The number of aromatic nitrogens is 3. The lowest BCUT2D eigenvalue weighted by molar-refractivity contribution is -0.394. The molecule has 3 aromatic rings. The van der Waals surface area contributed by atoms with Crippen LogP contribution < -0.4 is 10.4 Å². The number of nitro groups is 2. The Morgan fingerprint density at radius 2 is 1.42 bits per heavy atom. The lowest BCUT2D eigenvalue weighted by Crippen LogP contribution is -2.24. The van der Waals surface area contributed by atoms with E-state index in [1.54, 1.807) is 0 Å². The third kappa shape index (κ3) is 4.75. The second-order valence-electron chi connectivity index (χ2n) is 6.11. The number of hydrogen-bond donors (Lipinski definition) is 0. The summed E-state index contributed by atoms with van der Waals surface area (Å²) in [5.74, 6) is -0.638. The topological polar surface area (TPSA) is 135 Å². The maximum atomic E-state index is 13.0. The number of nitro benzene ring substituents is 2. The summed E-state index contributed by atoms with van der Waals surface area (Å²) >= 11 is 0. The maximum absolute atomic E-state index is 13.0. The van der Waals surface area contributed by atoms with Gasteiger partial charge in [0, 0.05) is 12.1 Å². The minimum absolute atomic E-state index is 0.0110. The van der Waals surface area contributed by atoms with E-state index < -0.39 is 56.5 Å². The number of benzene rings is 2. The molecule has 1 aromatic heterocycles. The van der Waals surface area contributed by atoms with Crippen LogP contribution >= 0.6 is 0 Å². The number of nitrogens with zero attached hydrogens (tertiary/aromatic N) is 5. The van der Waals surface area contributed by atoms with Crippen molar-refractivity contribution in [2.75, 3.05) is 0 Å². The number of halogens is 6. The molecule has 0 spiro atoms. The SMILES string of the molecule is O=c1n(-c2ccc(OC(F)(F)F)cc2)cnn1-c1c([N+](=O)[O-])cc(C(F)(F)F)cc1[N+](=O)[O-]. The smallest absolute Gasteiger partial charge is 0.406 e. The van der Waals surface area contributed by atoms with Gasteiger partial charge in [0.05, 0.1) is 21.1 Å². The van der Waals surface area contributed by atoms with Crippen LogP contribution in [0.5, 0.6) is 5.75 Å². The zero-order valence-electron chi connectivity index (χ0n) is 15.5. The zero-order valence-corrected chi connectivity index (χ0v) is 15.5. The molecule has 2 aromatic carbocycles.